The van der Waals surface area contributed by atoms with Gasteiger partial charge in [0, 0.05) is 24.0 Å². The van der Waals surface area contributed by atoms with Crippen LogP contribution in [0, 0.1) is 25.2 Å². The third-order valence-corrected chi connectivity index (χ3v) is 7.70. The van der Waals surface area contributed by atoms with Crippen LogP contribution in [0.4, 0.5) is 9.80 Å². The summed E-state index contributed by atoms with van der Waals surface area (Å²) in [6, 6.07) is 10.0. The zero-order valence-electron chi connectivity index (χ0n) is 22.2. The number of benzene rings is 1. The predicted octanol–water partition coefficient (Wildman–Crippen LogP) is 5.16. The highest BCUT2D eigenvalue weighted by atomic mass is 32.1. The van der Waals surface area contributed by atoms with Crippen LogP contribution in [0.15, 0.2) is 30.5 Å². The molecule has 0 radical (unpaired) electrons. The number of aryl methyl sites for hydroxylation is 2. The van der Waals surface area contributed by atoms with Crippen molar-refractivity contribution in [2.24, 2.45) is 0 Å². The Balaban J connectivity index is 1.35. The van der Waals surface area contributed by atoms with E-state index in [4.69, 9.17) is 9.47 Å². The standard InChI is InChI=1S/C28H33N5O4S/c1-5-36-22-8-6-7-21(14-22)18(2)13-26(34)31-27-24(15-29)23-9-10-33(17-25(23)38-27)28(35)37-12-11-32-16-19(3)30-20(32)4/h6-8,14,16,18H,5,9-13,17H2,1-4H3,(H,31,34). The summed E-state index contributed by atoms with van der Waals surface area (Å²) in [7, 11) is 0. The topological polar surface area (TPSA) is 109 Å². The van der Waals surface area contributed by atoms with Crippen molar-refractivity contribution in [2.45, 2.75) is 59.5 Å². The number of nitriles is 1. The van der Waals surface area contributed by atoms with Gasteiger partial charge in [-0.15, -0.1) is 11.3 Å². The molecule has 200 valence electrons. The molecule has 1 aliphatic heterocycles. The second-order valence-electron chi connectivity index (χ2n) is 9.39. The average molecular weight is 536 g/mol. The third kappa shape index (κ3) is 6.34. The van der Waals surface area contributed by atoms with Crippen molar-refractivity contribution in [3.8, 4) is 11.8 Å². The Kier molecular flexibility index (Phi) is 8.69. The molecule has 1 atom stereocenters. The van der Waals surface area contributed by atoms with Crippen molar-refractivity contribution in [2.75, 3.05) is 25.1 Å². The molecule has 1 aromatic carbocycles. The second-order valence-corrected chi connectivity index (χ2v) is 10.5. The van der Waals surface area contributed by atoms with Crippen LogP contribution in [-0.4, -0.2) is 46.2 Å². The SMILES string of the molecule is CCOc1cccc(C(C)CC(=O)Nc2sc3c(c2C#N)CCN(C(=O)OCCn2cc(C)nc2C)C3)c1. The number of hydrogen-bond acceptors (Lipinski definition) is 7. The smallest absolute Gasteiger partial charge is 0.410 e. The maximum absolute atomic E-state index is 12.9. The number of ether oxygens (including phenoxy) is 2. The Morgan fingerprint density at radius 1 is 1.32 bits per heavy atom. The number of aromatic nitrogens is 2. The van der Waals surface area contributed by atoms with E-state index in [0.29, 0.717) is 43.2 Å². The molecular formula is C28H33N5O4S. The van der Waals surface area contributed by atoms with Crippen molar-refractivity contribution in [1.82, 2.24) is 14.5 Å². The van der Waals surface area contributed by atoms with Crippen molar-refractivity contribution >= 4 is 28.3 Å². The highest BCUT2D eigenvalue weighted by molar-refractivity contribution is 7.16. The minimum absolute atomic E-state index is 0.0178. The van der Waals surface area contributed by atoms with E-state index in [0.717, 1.165) is 33.3 Å². The summed E-state index contributed by atoms with van der Waals surface area (Å²) < 4.78 is 13.0. The maximum atomic E-state index is 12.9. The summed E-state index contributed by atoms with van der Waals surface area (Å²) >= 11 is 1.36. The van der Waals surface area contributed by atoms with Crippen molar-refractivity contribution in [1.29, 1.82) is 5.26 Å². The molecule has 2 amide bonds. The van der Waals surface area contributed by atoms with E-state index in [1.807, 2.05) is 62.7 Å². The molecule has 1 aliphatic rings. The second kappa shape index (κ2) is 12.1. The zero-order valence-corrected chi connectivity index (χ0v) is 23.1. The minimum atomic E-state index is -0.384. The number of carbonyl (C=O) groups is 2. The summed E-state index contributed by atoms with van der Waals surface area (Å²) in [4.78, 5) is 32.5. The van der Waals surface area contributed by atoms with Gasteiger partial charge >= 0.3 is 6.09 Å². The summed E-state index contributed by atoms with van der Waals surface area (Å²) in [6.45, 7) is 9.96. The molecule has 3 aromatic rings. The van der Waals surface area contributed by atoms with Crippen LogP contribution in [0.2, 0.25) is 0 Å². The minimum Gasteiger partial charge on any atom is -0.494 e. The van der Waals surface area contributed by atoms with Crippen molar-refractivity contribution < 1.29 is 19.1 Å². The molecule has 10 heteroatoms. The Morgan fingerprint density at radius 2 is 2.13 bits per heavy atom. The van der Waals surface area contributed by atoms with Gasteiger partial charge in [-0.05, 0) is 56.4 Å². The van der Waals surface area contributed by atoms with Crippen molar-refractivity contribution in [3.63, 3.8) is 0 Å². The molecule has 9 nitrogen and oxygen atoms in total. The molecule has 1 unspecified atom stereocenters. The molecule has 4 rings (SSSR count). The lowest BCUT2D eigenvalue weighted by atomic mass is 9.97. The lowest BCUT2D eigenvalue weighted by Crippen LogP contribution is -2.36. The van der Waals surface area contributed by atoms with Gasteiger partial charge in [0.2, 0.25) is 5.91 Å². The van der Waals surface area contributed by atoms with E-state index in [1.165, 1.54) is 11.3 Å². The first-order valence-electron chi connectivity index (χ1n) is 12.8. The number of rotatable bonds is 9. The summed E-state index contributed by atoms with van der Waals surface area (Å²) in [5.41, 5.74) is 3.34. The fourth-order valence-electron chi connectivity index (χ4n) is 4.63. The van der Waals surface area contributed by atoms with Gasteiger partial charge < -0.3 is 24.3 Å². The van der Waals surface area contributed by atoms with Crippen LogP contribution < -0.4 is 10.1 Å². The maximum Gasteiger partial charge on any atom is 0.410 e. The molecule has 0 fully saturated rings. The third-order valence-electron chi connectivity index (χ3n) is 6.56. The number of amides is 2. The average Bonchev–Trinajstić information content (AvgIpc) is 3.40. The molecule has 0 saturated heterocycles. The Labute approximate surface area is 227 Å². The molecule has 3 heterocycles. The first kappa shape index (κ1) is 27.2. The largest absolute Gasteiger partial charge is 0.494 e. The molecule has 0 aliphatic carbocycles. The molecule has 0 spiro atoms. The van der Waals surface area contributed by atoms with Crippen LogP contribution in [-0.2, 0) is 29.0 Å². The number of fused-ring (bicyclic) bond motifs is 1. The number of anilines is 1. The van der Waals surface area contributed by atoms with Gasteiger partial charge in [0.1, 0.15) is 29.3 Å². The van der Waals surface area contributed by atoms with E-state index < -0.39 is 0 Å². The molecule has 2 aromatic heterocycles. The van der Waals surface area contributed by atoms with E-state index >= 15 is 0 Å². The molecule has 1 N–H and O–H groups in total. The van der Waals surface area contributed by atoms with E-state index in [2.05, 4.69) is 16.4 Å². The molecule has 0 saturated carbocycles. The first-order chi connectivity index (χ1) is 18.3. The zero-order chi connectivity index (χ0) is 27.2. The van der Waals surface area contributed by atoms with Crippen LogP contribution in [0.1, 0.15) is 59.3 Å². The number of hydrogen-bond donors (Lipinski definition) is 1. The summed E-state index contributed by atoms with van der Waals surface area (Å²) in [5.74, 6) is 1.49. The fourth-order valence-corrected chi connectivity index (χ4v) is 5.86. The lowest BCUT2D eigenvalue weighted by molar-refractivity contribution is -0.116. The van der Waals surface area contributed by atoms with Gasteiger partial charge in [-0.2, -0.15) is 5.26 Å². The van der Waals surface area contributed by atoms with E-state index in [9.17, 15) is 14.9 Å². The Morgan fingerprint density at radius 3 is 2.84 bits per heavy atom. The van der Waals surface area contributed by atoms with Gasteiger partial charge in [-0.1, -0.05) is 19.1 Å². The van der Waals surface area contributed by atoms with Gasteiger partial charge in [0.25, 0.3) is 0 Å². The van der Waals surface area contributed by atoms with E-state index in [1.54, 1.807) is 4.90 Å². The Hall–Kier alpha value is -3.84. The normalized spacial score (nSPS) is 13.4. The summed E-state index contributed by atoms with van der Waals surface area (Å²) in [6.07, 6.45) is 2.36. The molecular weight excluding hydrogens is 502 g/mol. The quantitative estimate of drug-likeness (QED) is 0.405. The van der Waals surface area contributed by atoms with Gasteiger partial charge in [-0.25, -0.2) is 9.78 Å². The molecule has 38 heavy (non-hydrogen) atoms. The van der Waals surface area contributed by atoms with Gasteiger partial charge in [0.05, 0.1) is 31.0 Å². The first-order valence-corrected chi connectivity index (χ1v) is 13.6. The predicted molar refractivity (Wildman–Crippen MR) is 145 cm³/mol. The number of thiophene rings is 1. The monoisotopic (exact) mass is 535 g/mol. The van der Waals surface area contributed by atoms with Crippen molar-refractivity contribution in [3.05, 3.63) is 63.5 Å². The van der Waals surface area contributed by atoms with Crippen LogP contribution >= 0.6 is 11.3 Å². The van der Waals surface area contributed by atoms with Gasteiger partial charge in [-0.3, -0.25) is 4.79 Å². The molecule has 0 bridgehead atoms. The number of imidazole rings is 1. The fraction of sp³-hybridized carbons (Fsp3) is 0.429. The lowest BCUT2D eigenvalue weighted by Gasteiger charge is -2.26. The van der Waals surface area contributed by atoms with Crippen LogP contribution in [0.3, 0.4) is 0 Å². The highest BCUT2D eigenvalue weighted by Crippen LogP contribution is 2.37. The highest BCUT2D eigenvalue weighted by Gasteiger charge is 2.28. The number of nitrogens with zero attached hydrogens (tertiary/aromatic N) is 4. The van der Waals surface area contributed by atoms with Gasteiger partial charge in [0.15, 0.2) is 0 Å². The van der Waals surface area contributed by atoms with Crippen LogP contribution in [0.5, 0.6) is 5.75 Å². The van der Waals surface area contributed by atoms with Crippen LogP contribution in [0.25, 0.3) is 0 Å². The summed E-state index contributed by atoms with van der Waals surface area (Å²) in [5, 5.41) is 13.3. The van der Waals surface area contributed by atoms with E-state index in [-0.39, 0.29) is 30.9 Å². The number of carbonyl (C=O) groups excluding carboxylic acids is 2. The Bertz CT molecular complexity index is 1360. The number of nitrogens with one attached hydrogen (secondary N) is 1.